The van der Waals surface area contributed by atoms with E-state index in [9.17, 15) is 13.2 Å². The predicted octanol–water partition coefficient (Wildman–Crippen LogP) is 0.886. The summed E-state index contributed by atoms with van der Waals surface area (Å²) < 4.78 is 28.9. The van der Waals surface area contributed by atoms with Crippen molar-refractivity contribution in [2.24, 2.45) is 0 Å². The highest BCUT2D eigenvalue weighted by molar-refractivity contribution is 7.86. The van der Waals surface area contributed by atoms with Gasteiger partial charge >= 0.3 is 0 Å². The van der Waals surface area contributed by atoms with Crippen LogP contribution >= 0.6 is 0 Å². The summed E-state index contributed by atoms with van der Waals surface area (Å²) in [6.07, 6.45) is 2.38. The van der Waals surface area contributed by atoms with E-state index in [1.807, 2.05) is 32.6 Å². The molecule has 0 bridgehead atoms. The first-order valence-electron chi connectivity index (χ1n) is 9.08. The van der Waals surface area contributed by atoms with Gasteiger partial charge in [-0.2, -0.15) is 17.0 Å². The van der Waals surface area contributed by atoms with E-state index in [1.54, 1.807) is 8.61 Å². The Kier molecular flexibility index (Phi) is 9.18. The molecule has 0 radical (unpaired) electrons. The van der Waals surface area contributed by atoms with Gasteiger partial charge in [0.25, 0.3) is 10.2 Å². The predicted molar refractivity (Wildman–Crippen MR) is 97.0 cm³/mol. The number of amides is 1. The Labute approximate surface area is 147 Å². The van der Waals surface area contributed by atoms with Crippen LogP contribution in [0.4, 0.5) is 0 Å². The molecule has 0 aliphatic carbocycles. The average molecular weight is 363 g/mol. The maximum Gasteiger partial charge on any atom is 0.282 e. The van der Waals surface area contributed by atoms with Crippen LogP contribution in [0.15, 0.2) is 0 Å². The third-order valence-electron chi connectivity index (χ3n) is 3.96. The van der Waals surface area contributed by atoms with Crippen LogP contribution < -0.4 is 5.32 Å². The summed E-state index contributed by atoms with van der Waals surface area (Å²) in [4.78, 5) is 13.9. The van der Waals surface area contributed by atoms with Crippen molar-refractivity contribution in [2.75, 3.05) is 45.8 Å². The zero-order chi connectivity index (χ0) is 18.2. The maximum absolute atomic E-state index is 12.8. The van der Waals surface area contributed by atoms with E-state index >= 15 is 0 Å². The summed E-state index contributed by atoms with van der Waals surface area (Å²) in [6.45, 7) is 11.6. The molecule has 1 saturated heterocycles. The summed E-state index contributed by atoms with van der Waals surface area (Å²) >= 11 is 0. The van der Waals surface area contributed by atoms with Gasteiger partial charge < -0.3 is 5.32 Å². The quantitative estimate of drug-likeness (QED) is 0.661. The number of carbonyl (C=O) groups is 1. The molecule has 0 saturated carbocycles. The molecule has 1 rings (SSSR count). The maximum atomic E-state index is 12.8. The summed E-state index contributed by atoms with van der Waals surface area (Å²) in [5, 5.41) is 2.88. The Morgan fingerprint density at radius 2 is 1.71 bits per heavy atom. The van der Waals surface area contributed by atoms with Crippen molar-refractivity contribution < 1.29 is 13.2 Å². The lowest BCUT2D eigenvalue weighted by molar-refractivity contribution is -0.122. The van der Waals surface area contributed by atoms with E-state index in [0.29, 0.717) is 39.3 Å². The monoisotopic (exact) mass is 362 g/mol. The Morgan fingerprint density at radius 3 is 2.25 bits per heavy atom. The average Bonchev–Trinajstić information content (AvgIpc) is 2.72. The molecule has 8 heteroatoms. The topological polar surface area (TPSA) is 73.0 Å². The molecule has 0 aromatic heterocycles. The highest BCUT2D eigenvalue weighted by Gasteiger charge is 2.30. The normalized spacial score (nSPS) is 18.1. The zero-order valence-corrected chi connectivity index (χ0v) is 16.4. The highest BCUT2D eigenvalue weighted by atomic mass is 32.2. The highest BCUT2D eigenvalue weighted by Crippen LogP contribution is 2.13. The summed E-state index contributed by atoms with van der Waals surface area (Å²) in [5.74, 6) is -0.0000929. The fraction of sp³-hybridized carbons (Fsp3) is 0.938. The van der Waals surface area contributed by atoms with Crippen LogP contribution in [0.2, 0.25) is 0 Å². The van der Waals surface area contributed by atoms with Gasteiger partial charge in [0.15, 0.2) is 0 Å². The lowest BCUT2D eigenvalue weighted by atomic mass is 10.3. The Hall–Kier alpha value is -0.700. The third-order valence-corrected chi connectivity index (χ3v) is 6.00. The van der Waals surface area contributed by atoms with Crippen molar-refractivity contribution in [2.45, 2.75) is 53.0 Å². The fourth-order valence-electron chi connectivity index (χ4n) is 2.91. The second kappa shape index (κ2) is 10.3. The molecule has 1 aliphatic rings. The molecule has 7 nitrogen and oxygen atoms in total. The van der Waals surface area contributed by atoms with Gasteiger partial charge in [0.05, 0.1) is 6.54 Å². The first kappa shape index (κ1) is 21.3. The lowest BCUT2D eigenvalue weighted by Crippen LogP contribution is -2.46. The molecule has 1 N–H and O–H groups in total. The Bertz CT molecular complexity index is 476. The van der Waals surface area contributed by atoms with Crippen molar-refractivity contribution >= 4 is 16.1 Å². The minimum Gasteiger partial charge on any atom is -0.353 e. The van der Waals surface area contributed by atoms with E-state index < -0.39 is 10.2 Å². The smallest absolute Gasteiger partial charge is 0.282 e. The van der Waals surface area contributed by atoms with E-state index in [4.69, 9.17) is 0 Å². The van der Waals surface area contributed by atoms with Gasteiger partial charge in [-0.25, -0.2) is 0 Å². The van der Waals surface area contributed by atoms with Crippen molar-refractivity contribution in [3.05, 3.63) is 0 Å². The number of carbonyl (C=O) groups excluding carboxylic acids is 1. The van der Waals surface area contributed by atoms with Gasteiger partial charge in [-0.1, -0.05) is 13.8 Å². The third kappa shape index (κ3) is 6.66. The van der Waals surface area contributed by atoms with Crippen molar-refractivity contribution in [3.63, 3.8) is 0 Å². The van der Waals surface area contributed by atoms with Crippen LogP contribution in [0.1, 0.15) is 47.0 Å². The SMILES string of the molecule is CCCN(CCC)S(=O)(=O)N1CCCN(CC(=O)NC(C)C)CC1. The molecule has 0 aromatic rings. The molecular formula is C16H34N4O3S. The van der Waals surface area contributed by atoms with E-state index in [0.717, 1.165) is 25.8 Å². The van der Waals surface area contributed by atoms with Gasteiger partial charge in [0.1, 0.15) is 0 Å². The molecule has 0 spiro atoms. The Balaban J connectivity index is 2.65. The van der Waals surface area contributed by atoms with Crippen LogP contribution in [-0.2, 0) is 15.0 Å². The minimum absolute atomic E-state index is 0.0000929. The summed E-state index contributed by atoms with van der Waals surface area (Å²) in [5.41, 5.74) is 0. The second-order valence-corrected chi connectivity index (χ2v) is 8.59. The molecule has 0 unspecified atom stereocenters. The minimum atomic E-state index is -3.40. The van der Waals surface area contributed by atoms with Gasteiger partial charge in [-0.05, 0) is 39.7 Å². The lowest BCUT2D eigenvalue weighted by Gasteiger charge is -2.28. The molecule has 1 fully saturated rings. The van der Waals surface area contributed by atoms with Gasteiger partial charge in [0.2, 0.25) is 5.91 Å². The summed E-state index contributed by atoms with van der Waals surface area (Å²) in [6, 6.07) is 0.123. The molecule has 0 aromatic carbocycles. The molecule has 1 aliphatic heterocycles. The van der Waals surface area contributed by atoms with E-state index in [1.165, 1.54) is 0 Å². The van der Waals surface area contributed by atoms with Gasteiger partial charge in [-0.3, -0.25) is 9.69 Å². The zero-order valence-electron chi connectivity index (χ0n) is 15.6. The second-order valence-electron chi connectivity index (χ2n) is 6.66. The number of hydrogen-bond acceptors (Lipinski definition) is 4. The number of rotatable bonds is 9. The molecular weight excluding hydrogens is 328 g/mol. The molecule has 24 heavy (non-hydrogen) atoms. The molecule has 1 heterocycles. The van der Waals surface area contributed by atoms with Crippen LogP contribution in [0.25, 0.3) is 0 Å². The first-order chi connectivity index (χ1) is 11.3. The largest absolute Gasteiger partial charge is 0.353 e. The van der Waals surface area contributed by atoms with Crippen LogP contribution in [0.5, 0.6) is 0 Å². The molecule has 142 valence electrons. The van der Waals surface area contributed by atoms with Crippen molar-refractivity contribution in [1.82, 2.24) is 18.8 Å². The Morgan fingerprint density at radius 1 is 1.08 bits per heavy atom. The first-order valence-corrected chi connectivity index (χ1v) is 10.5. The van der Waals surface area contributed by atoms with Crippen LogP contribution in [-0.4, -0.2) is 79.7 Å². The van der Waals surface area contributed by atoms with Crippen LogP contribution in [0, 0.1) is 0 Å². The standard InChI is InChI=1S/C16H34N4O3S/c1-5-8-19(9-6-2)24(22,23)20-11-7-10-18(12-13-20)14-16(21)17-15(3)4/h15H,5-14H2,1-4H3,(H,17,21). The van der Waals surface area contributed by atoms with E-state index in [-0.39, 0.29) is 11.9 Å². The molecule has 0 atom stereocenters. The number of nitrogens with zero attached hydrogens (tertiary/aromatic N) is 3. The fourth-order valence-corrected chi connectivity index (χ4v) is 4.74. The van der Waals surface area contributed by atoms with Crippen molar-refractivity contribution in [3.8, 4) is 0 Å². The number of hydrogen-bond donors (Lipinski definition) is 1. The van der Waals surface area contributed by atoms with E-state index in [2.05, 4.69) is 5.32 Å². The van der Waals surface area contributed by atoms with Gasteiger partial charge in [-0.15, -0.1) is 0 Å². The van der Waals surface area contributed by atoms with Gasteiger partial charge in [0, 0.05) is 38.8 Å². The summed E-state index contributed by atoms with van der Waals surface area (Å²) in [7, 11) is -3.40. The van der Waals surface area contributed by atoms with Crippen LogP contribution in [0.3, 0.4) is 0 Å². The number of nitrogens with one attached hydrogen (secondary N) is 1. The molecule has 1 amide bonds. The van der Waals surface area contributed by atoms with Crippen molar-refractivity contribution in [1.29, 1.82) is 0 Å².